The maximum Gasteiger partial charge on any atom is 0.308 e. The van der Waals surface area contributed by atoms with E-state index in [9.17, 15) is 4.79 Å². The second-order valence-electron chi connectivity index (χ2n) is 5.55. The third-order valence-electron chi connectivity index (χ3n) is 2.57. The molecule has 0 N–H and O–H groups in total. The van der Waals surface area contributed by atoms with Gasteiger partial charge in [0.1, 0.15) is 0 Å². The predicted molar refractivity (Wildman–Crippen MR) is 69.6 cm³/mol. The molecule has 1 fully saturated rings. The van der Waals surface area contributed by atoms with E-state index >= 15 is 0 Å². The molecule has 0 aromatic carbocycles. The van der Waals surface area contributed by atoms with E-state index in [0.717, 1.165) is 0 Å². The van der Waals surface area contributed by atoms with Crippen LogP contribution in [0.3, 0.4) is 0 Å². The number of hydrogen-bond acceptors (Lipinski definition) is 4. The van der Waals surface area contributed by atoms with Gasteiger partial charge in [0.25, 0.3) is 0 Å². The molecule has 4 nitrogen and oxygen atoms in total. The summed E-state index contributed by atoms with van der Waals surface area (Å²) in [6.45, 7) is 8.12. The molecule has 1 rings (SSSR count). The molecular weight excluding hydrogens is 256 g/mol. The van der Waals surface area contributed by atoms with Gasteiger partial charge in [-0.2, -0.15) is 0 Å². The average molecular weight is 279 g/mol. The Bertz CT molecular complexity index is 278. The minimum atomic E-state index is -0.694. The van der Waals surface area contributed by atoms with Gasteiger partial charge in [0.2, 0.25) is 0 Å². The van der Waals surface area contributed by atoms with Gasteiger partial charge >= 0.3 is 5.97 Å². The average Bonchev–Trinajstić information content (AvgIpc) is 2.24. The van der Waals surface area contributed by atoms with Crippen LogP contribution in [0.4, 0.5) is 0 Å². The van der Waals surface area contributed by atoms with Gasteiger partial charge < -0.3 is 14.2 Å². The van der Waals surface area contributed by atoms with E-state index in [1.165, 1.54) is 0 Å². The summed E-state index contributed by atoms with van der Waals surface area (Å²) < 4.78 is 16.5. The molecule has 1 saturated heterocycles. The van der Waals surface area contributed by atoms with E-state index < -0.39 is 5.79 Å². The van der Waals surface area contributed by atoms with Gasteiger partial charge in [-0.15, -0.1) is 11.6 Å². The molecule has 0 radical (unpaired) electrons. The van der Waals surface area contributed by atoms with Crippen LogP contribution in [0.2, 0.25) is 0 Å². The van der Waals surface area contributed by atoms with Gasteiger partial charge in [-0.05, 0) is 19.8 Å². The number of rotatable bonds is 5. The number of halogens is 1. The molecule has 0 aliphatic carbocycles. The topological polar surface area (TPSA) is 44.8 Å². The molecule has 0 spiro atoms. The van der Waals surface area contributed by atoms with Gasteiger partial charge in [-0.3, -0.25) is 4.79 Å². The number of esters is 1. The Morgan fingerprint density at radius 3 is 2.56 bits per heavy atom. The van der Waals surface area contributed by atoms with Crippen LogP contribution in [-0.4, -0.2) is 36.5 Å². The number of ether oxygens (including phenoxy) is 3. The minimum absolute atomic E-state index is 0.0710. The fourth-order valence-corrected chi connectivity index (χ4v) is 2.13. The van der Waals surface area contributed by atoms with E-state index in [2.05, 4.69) is 0 Å². The molecule has 0 amide bonds. The van der Waals surface area contributed by atoms with Crippen molar-refractivity contribution in [2.45, 2.75) is 58.5 Å². The summed E-state index contributed by atoms with van der Waals surface area (Å²) in [6.07, 6.45) is 0.631. The first-order valence-electron chi connectivity index (χ1n) is 6.39. The van der Waals surface area contributed by atoms with Crippen LogP contribution in [0.1, 0.15) is 40.5 Å². The normalized spacial score (nSPS) is 27.2. The fraction of sp³-hybridized carbons (Fsp3) is 0.923. The summed E-state index contributed by atoms with van der Waals surface area (Å²) in [5, 5.41) is 0. The predicted octanol–water partition coefficient (Wildman–Crippen LogP) is 2.72. The molecular formula is C13H23ClO4. The first-order chi connectivity index (χ1) is 8.32. The maximum absolute atomic E-state index is 11.6. The molecule has 2 atom stereocenters. The van der Waals surface area contributed by atoms with E-state index in [4.69, 9.17) is 25.8 Å². The summed E-state index contributed by atoms with van der Waals surface area (Å²) in [7, 11) is 0. The monoisotopic (exact) mass is 278 g/mol. The standard InChI is InChI=1S/C13H23ClO4/c1-9(2)8-16-12(15)6-10-5-11(7-14)18-13(3,4)17-10/h9-11H,5-8H2,1-4H3/t10-,11+/m1/s1. The molecule has 0 bridgehead atoms. The van der Waals surface area contributed by atoms with Crippen LogP contribution in [0.15, 0.2) is 0 Å². The summed E-state index contributed by atoms with van der Waals surface area (Å²) in [5.74, 6) is -0.165. The van der Waals surface area contributed by atoms with Crippen molar-refractivity contribution in [2.75, 3.05) is 12.5 Å². The molecule has 0 unspecified atom stereocenters. The number of alkyl halides is 1. The summed E-state index contributed by atoms with van der Waals surface area (Å²) in [4.78, 5) is 11.6. The third-order valence-corrected chi connectivity index (χ3v) is 2.92. The van der Waals surface area contributed by atoms with Crippen LogP contribution in [0.5, 0.6) is 0 Å². The molecule has 18 heavy (non-hydrogen) atoms. The number of carbonyl (C=O) groups is 1. The molecule has 1 aliphatic rings. The Balaban J connectivity index is 2.43. The Morgan fingerprint density at radius 2 is 2.00 bits per heavy atom. The highest BCUT2D eigenvalue weighted by Crippen LogP contribution is 2.29. The van der Waals surface area contributed by atoms with E-state index in [-0.39, 0.29) is 24.6 Å². The smallest absolute Gasteiger partial charge is 0.308 e. The molecule has 106 valence electrons. The zero-order valence-corrected chi connectivity index (χ0v) is 12.3. The summed E-state index contributed by atoms with van der Waals surface area (Å²) in [6, 6.07) is 0. The molecule has 0 aromatic heterocycles. The quantitative estimate of drug-likeness (QED) is 0.573. The highest BCUT2D eigenvalue weighted by Gasteiger charge is 2.36. The van der Waals surface area contributed by atoms with Crippen molar-refractivity contribution in [3.63, 3.8) is 0 Å². The lowest BCUT2D eigenvalue weighted by atomic mass is 10.1. The first-order valence-corrected chi connectivity index (χ1v) is 6.93. The molecule has 0 saturated carbocycles. The maximum atomic E-state index is 11.6. The van der Waals surface area contributed by atoms with E-state index in [1.807, 2.05) is 27.7 Å². The lowest BCUT2D eigenvalue weighted by Crippen LogP contribution is -2.46. The Morgan fingerprint density at radius 1 is 1.39 bits per heavy atom. The SMILES string of the molecule is CC(C)COC(=O)C[C@H]1C[C@@H](CCl)OC(C)(C)O1. The second kappa shape index (κ2) is 6.73. The Labute approximate surface area is 114 Å². The molecule has 1 heterocycles. The molecule has 5 heteroatoms. The van der Waals surface area contributed by atoms with E-state index in [0.29, 0.717) is 24.8 Å². The van der Waals surface area contributed by atoms with Gasteiger partial charge in [-0.1, -0.05) is 13.8 Å². The van der Waals surface area contributed by atoms with E-state index in [1.54, 1.807) is 0 Å². The van der Waals surface area contributed by atoms with Gasteiger partial charge in [0, 0.05) is 12.3 Å². The lowest BCUT2D eigenvalue weighted by Gasteiger charge is -2.40. The van der Waals surface area contributed by atoms with Gasteiger partial charge in [0.15, 0.2) is 5.79 Å². The highest BCUT2D eigenvalue weighted by molar-refractivity contribution is 6.18. The van der Waals surface area contributed by atoms with Crippen molar-refractivity contribution in [2.24, 2.45) is 5.92 Å². The Kier molecular flexibility index (Phi) is 5.89. The van der Waals surface area contributed by atoms with Crippen LogP contribution in [-0.2, 0) is 19.0 Å². The summed E-state index contributed by atoms with van der Waals surface area (Å²) >= 11 is 5.82. The highest BCUT2D eigenvalue weighted by atomic mass is 35.5. The molecule has 0 aromatic rings. The van der Waals surface area contributed by atoms with Crippen molar-refractivity contribution < 1.29 is 19.0 Å². The van der Waals surface area contributed by atoms with Gasteiger partial charge in [0.05, 0.1) is 25.2 Å². The van der Waals surface area contributed by atoms with Crippen LogP contribution in [0, 0.1) is 5.92 Å². The second-order valence-corrected chi connectivity index (χ2v) is 5.86. The minimum Gasteiger partial charge on any atom is -0.465 e. The number of hydrogen-bond donors (Lipinski definition) is 0. The van der Waals surface area contributed by atoms with Crippen molar-refractivity contribution >= 4 is 17.6 Å². The zero-order valence-electron chi connectivity index (χ0n) is 11.6. The molecule has 1 aliphatic heterocycles. The van der Waals surface area contributed by atoms with Crippen LogP contribution in [0.25, 0.3) is 0 Å². The van der Waals surface area contributed by atoms with Crippen molar-refractivity contribution in [1.29, 1.82) is 0 Å². The van der Waals surface area contributed by atoms with Crippen LogP contribution >= 0.6 is 11.6 Å². The number of carbonyl (C=O) groups excluding carboxylic acids is 1. The van der Waals surface area contributed by atoms with Crippen molar-refractivity contribution in [3.8, 4) is 0 Å². The van der Waals surface area contributed by atoms with Gasteiger partial charge in [-0.25, -0.2) is 0 Å². The first kappa shape index (κ1) is 15.7. The third kappa shape index (κ3) is 5.55. The van der Waals surface area contributed by atoms with Crippen molar-refractivity contribution in [1.82, 2.24) is 0 Å². The summed E-state index contributed by atoms with van der Waals surface area (Å²) in [5.41, 5.74) is 0. The van der Waals surface area contributed by atoms with Crippen LogP contribution < -0.4 is 0 Å². The van der Waals surface area contributed by atoms with Crippen molar-refractivity contribution in [3.05, 3.63) is 0 Å². The Hall–Kier alpha value is -0.320. The zero-order chi connectivity index (χ0) is 13.8. The largest absolute Gasteiger partial charge is 0.465 e. The fourth-order valence-electron chi connectivity index (χ4n) is 1.94. The lowest BCUT2D eigenvalue weighted by molar-refractivity contribution is -0.295.